The van der Waals surface area contributed by atoms with Crippen molar-refractivity contribution in [3.05, 3.63) is 96.2 Å². The quantitative estimate of drug-likeness (QED) is 0.492. The molecule has 0 unspecified atom stereocenters. The number of nitrogens with one attached hydrogen (secondary N) is 1. The van der Waals surface area contributed by atoms with E-state index in [1.54, 1.807) is 0 Å². The number of para-hydroxylation sites is 1. The van der Waals surface area contributed by atoms with Crippen LogP contribution in [0.3, 0.4) is 0 Å². The van der Waals surface area contributed by atoms with E-state index in [1.807, 2.05) is 54.6 Å². The van der Waals surface area contributed by atoms with Gasteiger partial charge in [-0.25, -0.2) is 8.78 Å². The Labute approximate surface area is 165 Å². The molecular weight excluding hydrogens is 374 g/mol. The molecule has 0 spiro atoms. The van der Waals surface area contributed by atoms with Crippen molar-refractivity contribution in [1.29, 1.82) is 0 Å². The molecule has 0 saturated carbocycles. The van der Waals surface area contributed by atoms with Crippen molar-refractivity contribution in [3.63, 3.8) is 0 Å². The first-order valence-electron chi connectivity index (χ1n) is 8.95. The Kier molecular flexibility index (Phi) is 5.16. The molecule has 144 valence electrons. The van der Waals surface area contributed by atoms with E-state index in [2.05, 4.69) is 10.5 Å². The summed E-state index contributed by atoms with van der Waals surface area (Å²) in [5, 5.41) is 6.70. The fourth-order valence-electron chi connectivity index (χ4n) is 3.03. The number of carbonyl (C=O) groups is 1. The summed E-state index contributed by atoms with van der Waals surface area (Å²) in [4.78, 5) is 12.5. The fourth-order valence-corrected chi connectivity index (χ4v) is 3.03. The van der Waals surface area contributed by atoms with Crippen LogP contribution in [0.5, 0.6) is 0 Å². The zero-order valence-corrected chi connectivity index (χ0v) is 15.2. The Hall–Kier alpha value is -3.80. The van der Waals surface area contributed by atoms with Gasteiger partial charge in [-0.1, -0.05) is 53.7 Å². The predicted octanol–water partition coefficient (Wildman–Crippen LogP) is 5.47. The van der Waals surface area contributed by atoms with E-state index in [0.717, 1.165) is 23.3 Å². The molecule has 0 fully saturated rings. The highest BCUT2D eigenvalue weighted by molar-refractivity contribution is 5.96. The van der Waals surface area contributed by atoms with Crippen LogP contribution < -0.4 is 5.32 Å². The van der Waals surface area contributed by atoms with Crippen LogP contribution in [-0.4, -0.2) is 11.1 Å². The van der Waals surface area contributed by atoms with Gasteiger partial charge in [0.2, 0.25) is 5.91 Å². The van der Waals surface area contributed by atoms with Gasteiger partial charge in [-0.3, -0.25) is 4.79 Å². The van der Waals surface area contributed by atoms with Crippen molar-refractivity contribution in [1.82, 2.24) is 5.16 Å². The summed E-state index contributed by atoms with van der Waals surface area (Å²) in [5.74, 6) is -1.58. The van der Waals surface area contributed by atoms with Crippen LogP contribution in [0.1, 0.15) is 5.69 Å². The maximum atomic E-state index is 13.9. The number of benzene rings is 3. The van der Waals surface area contributed by atoms with Crippen molar-refractivity contribution >= 4 is 11.6 Å². The van der Waals surface area contributed by atoms with Gasteiger partial charge < -0.3 is 9.84 Å². The van der Waals surface area contributed by atoms with Gasteiger partial charge in [0.1, 0.15) is 11.6 Å². The summed E-state index contributed by atoms with van der Waals surface area (Å²) in [6, 6.07) is 21.8. The van der Waals surface area contributed by atoms with Gasteiger partial charge in [-0.05, 0) is 23.8 Å². The molecule has 3 aromatic carbocycles. The van der Waals surface area contributed by atoms with E-state index >= 15 is 0 Å². The molecule has 1 N–H and O–H groups in total. The third-order valence-corrected chi connectivity index (χ3v) is 4.38. The summed E-state index contributed by atoms with van der Waals surface area (Å²) < 4.78 is 32.1. The Morgan fingerprint density at radius 1 is 0.897 bits per heavy atom. The van der Waals surface area contributed by atoms with E-state index < -0.39 is 11.6 Å². The lowest BCUT2D eigenvalue weighted by atomic mass is 10.0. The SMILES string of the molecule is O=C(Cc1cc(-c2ccc(F)cc2F)on1)Nc1ccccc1-c1ccccc1. The molecular formula is C23H16F2N2O2. The van der Waals surface area contributed by atoms with Gasteiger partial charge in [0.05, 0.1) is 17.7 Å². The second kappa shape index (κ2) is 8.06. The number of anilines is 1. The number of hydrogen-bond donors (Lipinski definition) is 1. The molecule has 4 rings (SSSR count). The molecule has 0 saturated heterocycles. The number of carbonyl (C=O) groups excluding carboxylic acids is 1. The Morgan fingerprint density at radius 3 is 2.45 bits per heavy atom. The summed E-state index contributed by atoms with van der Waals surface area (Å²) in [6.07, 6.45) is -0.0462. The van der Waals surface area contributed by atoms with E-state index in [1.165, 1.54) is 12.1 Å². The summed E-state index contributed by atoms with van der Waals surface area (Å²) in [6.45, 7) is 0. The molecule has 0 radical (unpaired) electrons. The van der Waals surface area contributed by atoms with Crippen LogP contribution >= 0.6 is 0 Å². The molecule has 4 aromatic rings. The average Bonchev–Trinajstić information content (AvgIpc) is 3.17. The fraction of sp³-hybridized carbons (Fsp3) is 0.0435. The number of amides is 1. The molecule has 0 bridgehead atoms. The van der Waals surface area contributed by atoms with Crippen LogP contribution in [0.2, 0.25) is 0 Å². The minimum Gasteiger partial charge on any atom is -0.356 e. The Morgan fingerprint density at radius 2 is 1.66 bits per heavy atom. The molecule has 0 atom stereocenters. The van der Waals surface area contributed by atoms with Crippen LogP contribution in [-0.2, 0) is 11.2 Å². The van der Waals surface area contributed by atoms with Gasteiger partial charge in [-0.15, -0.1) is 0 Å². The van der Waals surface area contributed by atoms with Crippen LogP contribution in [0, 0.1) is 11.6 Å². The molecule has 6 heteroatoms. The predicted molar refractivity (Wildman–Crippen MR) is 106 cm³/mol. The van der Waals surface area contributed by atoms with Crippen molar-refractivity contribution in [2.45, 2.75) is 6.42 Å². The summed E-state index contributed by atoms with van der Waals surface area (Å²) in [7, 11) is 0. The lowest BCUT2D eigenvalue weighted by Crippen LogP contribution is -2.15. The van der Waals surface area contributed by atoms with Crippen LogP contribution in [0.25, 0.3) is 22.5 Å². The van der Waals surface area contributed by atoms with Crippen LogP contribution in [0.15, 0.2) is 83.4 Å². The van der Waals surface area contributed by atoms with Crippen LogP contribution in [0.4, 0.5) is 14.5 Å². The molecule has 4 nitrogen and oxygen atoms in total. The van der Waals surface area contributed by atoms with E-state index in [-0.39, 0.29) is 23.7 Å². The highest BCUT2D eigenvalue weighted by atomic mass is 19.1. The zero-order valence-electron chi connectivity index (χ0n) is 15.2. The maximum absolute atomic E-state index is 13.9. The lowest BCUT2D eigenvalue weighted by Gasteiger charge is -2.10. The van der Waals surface area contributed by atoms with E-state index in [0.29, 0.717) is 11.4 Å². The van der Waals surface area contributed by atoms with Gasteiger partial charge in [0.25, 0.3) is 0 Å². The van der Waals surface area contributed by atoms with Crippen molar-refractivity contribution < 1.29 is 18.1 Å². The highest BCUT2D eigenvalue weighted by Gasteiger charge is 2.15. The second-order valence-electron chi connectivity index (χ2n) is 6.44. The molecule has 1 heterocycles. The zero-order chi connectivity index (χ0) is 20.2. The largest absolute Gasteiger partial charge is 0.356 e. The van der Waals surface area contributed by atoms with E-state index in [9.17, 15) is 13.6 Å². The maximum Gasteiger partial charge on any atom is 0.230 e. The van der Waals surface area contributed by atoms with Gasteiger partial charge >= 0.3 is 0 Å². The monoisotopic (exact) mass is 390 g/mol. The number of aromatic nitrogens is 1. The Balaban J connectivity index is 1.50. The molecule has 0 aliphatic rings. The highest BCUT2D eigenvalue weighted by Crippen LogP contribution is 2.28. The first-order chi connectivity index (χ1) is 14.1. The number of rotatable bonds is 5. The topological polar surface area (TPSA) is 55.1 Å². The van der Waals surface area contributed by atoms with E-state index in [4.69, 9.17) is 4.52 Å². The van der Waals surface area contributed by atoms with Gasteiger partial charge in [0.15, 0.2) is 5.76 Å². The van der Waals surface area contributed by atoms with Crippen molar-refractivity contribution in [3.8, 4) is 22.5 Å². The molecule has 0 aliphatic heterocycles. The minimum atomic E-state index is -0.756. The first kappa shape index (κ1) is 18.6. The minimum absolute atomic E-state index is 0.0462. The molecule has 0 aliphatic carbocycles. The molecule has 1 amide bonds. The smallest absolute Gasteiger partial charge is 0.230 e. The first-order valence-corrected chi connectivity index (χ1v) is 8.95. The lowest BCUT2D eigenvalue weighted by molar-refractivity contribution is -0.115. The number of hydrogen-bond acceptors (Lipinski definition) is 3. The third-order valence-electron chi connectivity index (χ3n) is 4.38. The Bertz CT molecular complexity index is 1160. The number of nitrogens with zero attached hydrogens (tertiary/aromatic N) is 1. The number of halogens is 2. The normalized spacial score (nSPS) is 10.7. The molecule has 29 heavy (non-hydrogen) atoms. The van der Waals surface area contributed by atoms with Gasteiger partial charge in [0, 0.05) is 23.4 Å². The standard InChI is InChI=1S/C23H16F2N2O2/c24-16-10-11-19(20(25)12-16)22-13-17(27-29-22)14-23(28)26-21-9-5-4-8-18(21)15-6-2-1-3-7-15/h1-13H,14H2,(H,26,28). The third kappa shape index (κ3) is 4.21. The molecule has 1 aromatic heterocycles. The average molecular weight is 390 g/mol. The second-order valence-corrected chi connectivity index (χ2v) is 6.44. The van der Waals surface area contributed by atoms with Crippen molar-refractivity contribution in [2.24, 2.45) is 0 Å². The summed E-state index contributed by atoms with van der Waals surface area (Å²) in [5.41, 5.74) is 2.99. The van der Waals surface area contributed by atoms with Gasteiger partial charge in [-0.2, -0.15) is 0 Å². The van der Waals surface area contributed by atoms with Crippen molar-refractivity contribution in [2.75, 3.05) is 5.32 Å². The summed E-state index contributed by atoms with van der Waals surface area (Å²) >= 11 is 0.